The summed E-state index contributed by atoms with van der Waals surface area (Å²) in [4.78, 5) is 6.93. The van der Waals surface area contributed by atoms with Gasteiger partial charge in [-0.15, -0.1) is 0 Å². The van der Waals surface area contributed by atoms with E-state index in [9.17, 15) is 0 Å². The minimum absolute atomic E-state index is 0.122. The smallest absolute Gasteiger partial charge is 0.118 e. The SMILES string of the molecule is COc1ccc(CN(Cc2cncn2C)C2CC(C)(C)NC(C)(C)C2)cc1. The number of rotatable bonds is 6. The number of nitrogens with zero attached hydrogens (tertiary/aromatic N) is 3. The molecule has 1 N–H and O–H groups in total. The second-order valence-corrected chi connectivity index (χ2v) is 9.20. The fraction of sp³-hybridized carbons (Fsp3) is 0.591. The third-order valence-corrected chi connectivity index (χ3v) is 5.51. The van der Waals surface area contributed by atoms with Crippen LogP contribution in [0.25, 0.3) is 0 Å². The third kappa shape index (κ3) is 5.11. The van der Waals surface area contributed by atoms with Crippen molar-refractivity contribution in [2.24, 2.45) is 7.05 Å². The second kappa shape index (κ2) is 7.64. The molecule has 1 saturated heterocycles. The van der Waals surface area contributed by atoms with Crippen molar-refractivity contribution in [2.75, 3.05) is 7.11 Å². The van der Waals surface area contributed by atoms with Gasteiger partial charge in [0, 0.05) is 43.5 Å². The van der Waals surface area contributed by atoms with Gasteiger partial charge in [-0.2, -0.15) is 0 Å². The number of aryl methyl sites for hydroxylation is 1. The van der Waals surface area contributed by atoms with Crippen LogP contribution in [-0.2, 0) is 20.1 Å². The normalized spacial score (nSPS) is 19.4. The first-order chi connectivity index (χ1) is 12.7. The molecule has 0 saturated carbocycles. The van der Waals surface area contributed by atoms with Crippen molar-refractivity contribution < 1.29 is 4.74 Å². The lowest BCUT2D eigenvalue weighted by atomic mass is 9.79. The topological polar surface area (TPSA) is 42.3 Å². The molecule has 1 aliphatic heterocycles. The number of benzene rings is 1. The molecule has 148 valence electrons. The van der Waals surface area contributed by atoms with Crippen LogP contribution in [0.1, 0.15) is 51.8 Å². The molecule has 0 radical (unpaired) electrons. The standard InChI is InChI=1S/C22H34N4O/c1-21(2)11-18(12-22(3,4)24-21)26(15-19-13-23-16-25(19)5)14-17-7-9-20(27-6)10-8-17/h7-10,13,16,18,24H,11-12,14-15H2,1-6H3. The van der Waals surface area contributed by atoms with Crippen LogP contribution < -0.4 is 10.1 Å². The average Bonchev–Trinajstić information content (AvgIpc) is 2.97. The van der Waals surface area contributed by atoms with Crippen molar-refractivity contribution in [1.82, 2.24) is 19.8 Å². The highest BCUT2D eigenvalue weighted by Gasteiger charge is 2.40. The predicted molar refractivity (Wildman–Crippen MR) is 110 cm³/mol. The van der Waals surface area contributed by atoms with Gasteiger partial charge in [0.2, 0.25) is 0 Å². The first-order valence-electron chi connectivity index (χ1n) is 9.79. The number of methoxy groups -OCH3 is 1. The largest absolute Gasteiger partial charge is 0.497 e. The number of ether oxygens (including phenoxy) is 1. The summed E-state index contributed by atoms with van der Waals surface area (Å²) in [5, 5.41) is 3.81. The number of hydrogen-bond acceptors (Lipinski definition) is 4. The monoisotopic (exact) mass is 370 g/mol. The maximum atomic E-state index is 5.31. The van der Waals surface area contributed by atoms with Gasteiger partial charge >= 0.3 is 0 Å². The van der Waals surface area contributed by atoms with E-state index in [2.05, 4.69) is 66.6 Å². The van der Waals surface area contributed by atoms with Crippen molar-refractivity contribution in [1.29, 1.82) is 0 Å². The maximum Gasteiger partial charge on any atom is 0.118 e. The van der Waals surface area contributed by atoms with E-state index < -0.39 is 0 Å². The van der Waals surface area contributed by atoms with Gasteiger partial charge < -0.3 is 14.6 Å². The van der Waals surface area contributed by atoms with E-state index in [1.807, 2.05) is 24.7 Å². The number of hydrogen-bond donors (Lipinski definition) is 1. The van der Waals surface area contributed by atoms with Gasteiger partial charge in [0.1, 0.15) is 5.75 Å². The molecular formula is C22H34N4O. The van der Waals surface area contributed by atoms with Gasteiger partial charge in [0.05, 0.1) is 19.1 Å². The Morgan fingerprint density at radius 1 is 1.11 bits per heavy atom. The molecule has 1 aromatic heterocycles. The van der Waals surface area contributed by atoms with Gasteiger partial charge in [-0.1, -0.05) is 12.1 Å². The highest BCUT2D eigenvalue weighted by molar-refractivity contribution is 5.27. The Morgan fingerprint density at radius 3 is 2.26 bits per heavy atom. The molecule has 3 rings (SSSR count). The lowest BCUT2D eigenvalue weighted by Crippen LogP contribution is -2.62. The molecule has 0 aliphatic carbocycles. The highest BCUT2D eigenvalue weighted by Crippen LogP contribution is 2.33. The Kier molecular flexibility index (Phi) is 5.63. The Labute approximate surface area is 163 Å². The molecule has 1 aliphatic rings. The van der Waals surface area contributed by atoms with Crippen LogP contribution in [0.2, 0.25) is 0 Å². The zero-order valence-electron chi connectivity index (χ0n) is 17.6. The minimum Gasteiger partial charge on any atom is -0.497 e. The molecule has 0 spiro atoms. The van der Waals surface area contributed by atoms with E-state index in [4.69, 9.17) is 4.74 Å². The predicted octanol–water partition coefficient (Wildman–Crippen LogP) is 3.74. The Bertz CT molecular complexity index is 732. The van der Waals surface area contributed by atoms with Crippen molar-refractivity contribution >= 4 is 0 Å². The fourth-order valence-electron chi connectivity index (χ4n) is 4.55. The van der Waals surface area contributed by atoms with E-state index in [1.165, 1.54) is 11.3 Å². The van der Waals surface area contributed by atoms with Crippen molar-refractivity contribution in [2.45, 2.75) is 70.7 Å². The fourth-order valence-corrected chi connectivity index (χ4v) is 4.55. The summed E-state index contributed by atoms with van der Waals surface area (Å²) in [6.45, 7) is 11.1. The van der Waals surface area contributed by atoms with Crippen LogP contribution in [0.3, 0.4) is 0 Å². The van der Waals surface area contributed by atoms with Crippen LogP contribution in [-0.4, -0.2) is 38.7 Å². The zero-order chi connectivity index (χ0) is 19.7. The number of imidazole rings is 1. The van der Waals surface area contributed by atoms with Gasteiger partial charge in [0.15, 0.2) is 0 Å². The molecular weight excluding hydrogens is 336 g/mol. The molecule has 0 atom stereocenters. The number of nitrogens with one attached hydrogen (secondary N) is 1. The van der Waals surface area contributed by atoms with E-state index in [0.29, 0.717) is 6.04 Å². The average molecular weight is 371 g/mol. The van der Waals surface area contributed by atoms with E-state index in [0.717, 1.165) is 31.7 Å². The molecule has 0 amide bonds. The van der Waals surface area contributed by atoms with Gasteiger partial charge in [-0.3, -0.25) is 4.90 Å². The molecule has 5 nitrogen and oxygen atoms in total. The molecule has 1 fully saturated rings. The van der Waals surface area contributed by atoms with Gasteiger partial charge in [-0.25, -0.2) is 4.98 Å². The van der Waals surface area contributed by atoms with E-state index >= 15 is 0 Å². The second-order valence-electron chi connectivity index (χ2n) is 9.20. The zero-order valence-corrected chi connectivity index (χ0v) is 17.6. The van der Waals surface area contributed by atoms with Crippen LogP contribution in [0.15, 0.2) is 36.8 Å². The lowest BCUT2D eigenvalue weighted by molar-refractivity contribution is 0.0551. The summed E-state index contributed by atoms with van der Waals surface area (Å²) >= 11 is 0. The summed E-state index contributed by atoms with van der Waals surface area (Å²) in [5.41, 5.74) is 2.80. The molecule has 1 aromatic carbocycles. The van der Waals surface area contributed by atoms with Crippen molar-refractivity contribution in [3.8, 4) is 5.75 Å². The van der Waals surface area contributed by atoms with E-state index in [-0.39, 0.29) is 11.1 Å². The van der Waals surface area contributed by atoms with Crippen LogP contribution in [0.4, 0.5) is 0 Å². The first kappa shape index (κ1) is 19.9. The van der Waals surface area contributed by atoms with Gasteiger partial charge in [-0.05, 0) is 58.2 Å². The van der Waals surface area contributed by atoms with Crippen LogP contribution in [0, 0.1) is 0 Å². The lowest BCUT2D eigenvalue weighted by Gasteiger charge is -2.49. The van der Waals surface area contributed by atoms with Crippen molar-refractivity contribution in [3.05, 3.63) is 48.0 Å². The maximum absolute atomic E-state index is 5.31. The first-order valence-corrected chi connectivity index (χ1v) is 9.79. The molecule has 0 bridgehead atoms. The quantitative estimate of drug-likeness (QED) is 0.841. The third-order valence-electron chi connectivity index (χ3n) is 5.51. The molecule has 5 heteroatoms. The Hall–Kier alpha value is -1.85. The summed E-state index contributed by atoms with van der Waals surface area (Å²) in [7, 11) is 3.78. The van der Waals surface area contributed by atoms with Gasteiger partial charge in [0.25, 0.3) is 0 Å². The minimum atomic E-state index is 0.122. The summed E-state index contributed by atoms with van der Waals surface area (Å²) in [6.07, 6.45) is 6.13. The Morgan fingerprint density at radius 2 is 1.74 bits per heavy atom. The number of piperidine rings is 1. The molecule has 2 heterocycles. The van der Waals surface area contributed by atoms with Crippen LogP contribution in [0.5, 0.6) is 5.75 Å². The molecule has 2 aromatic rings. The summed E-state index contributed by atoms with van der Waals surface area (Å²) in [5.74, 6) is 0.904. The summed E-state index contributed by atoms with van der Waals surface area (Å²) < 4.78 is 7.44. The Balaban J connectivity index is 1.85. The van der Waals surface area contributed by atoms with Crippen molar-refractivity contribution in [3.63, 3.8) is 0 Å². The molecule has 27 heavy (non-hydrogen) atoms. The highest BCUT2D eigenvalue weighted by atomic mass is 16.5. The van der Waals surface area contributed by atoms with Crippen LogP contribution >= 0.6 is 0 Å². The van der Waals surface area contributed by atoms with E-state index in [1.54, 1.807) is 7.11 Å². The summed E-state index contributed by atoms with van der Waals surface area (Å²) in [6, 6.07) is 8.95. The number of aromatic nitrogens is 2. The molecule has 0 unspecified atom stereocenters.